The molecular formula is C35H34FN5O4. The number of hydrogen-bond donors (Lipinski definition) is 2. The number of nitrogens with zero attached hydrogens (tertiary/aromatic N) is 4. The summed E-state index contributed by atoms with van der Waals surface area (Å²) in [6.45, 7) is 6.04. The number of hydrogen-bond acceptors (Lipinski definition) is 9. The van der Waals surface area contributed by atoms with Crippen LogP contribution in [-0.4, -0.2) is 90.7 Å². The molecule has 10 heteroatoms. The van der Waals surface area contributed by atoms with Gasteiger partial charge in [0, 0.05) is 60.2 Å². The Hall–Kier alpha value is -4.17. The normalized spacial score (nSPS) is 24.7. The summed E-state index contributed by atoms with van der Waals surface area (Å²) in [5.41, 5.74) is 1.54. The number of nitrogens with one attached hydrogen (secondary N) is 1. The number of rotatable bonds is 6. The number of morpholine rings is 1. The van der Waals surface area contributed by atoms with Gasteiger partial charge in [0.2, 0.25) is 0 Å². The van der Waals surface area contributed by atoms with Crippen LogP contribution in [0.3, 0.4) is 0 Å². The summed E-state index contributed by atoms with van der Waals surface area (Å²) in [6.07, 6.45) is 9.02. The fourth-order valence-corrected chi connectivity index (χ4v) is 7.91. The van der Waals surface area contributed by atoms with E-state index in [2.05, 4.69) is 21.0 Å². The third kappa shape index (κ3) is 4.40. The molecule has 5 heterocycles. The van der Waals surface area contributed by atoms with Gasteiger partial charge >= 0.3 is 6.01 Å². The number of fused-ring (bicyclic) bond motifs is 7. The summed E-state index contributed by atoms with van der Waals surface area (Å²) in [5, 5.41) is 16.2. The van der Waals surface area contributed by atoms with Gasteiger partial charge < -0.3 is 29.5 Å². The van der Waals surface area contributed by atoms with E-state index in [1.165, 1.54) is 0 Å². The molecule has 0 unspecified atom stereocenters. The number of anilines is 1. The maximum absolute atomic E-state index is 17.0. The third-order valence-corrected chi connectivity index (χ3v) is 10.4. The smallest absolute Gasteiger partial charge is 0.319 e. The van der Waals surface area contributed by atoms with Crippen molar-refractivity contribution in [3.8, 4) is 41.0 Å². The highest BCUT2D eigenvalue weighted by atomic mass is 19.1. The van der Waals surface area contributed by atoms with Crippen molar-refractivity contribution in [1.82, 2.24) is 20.2 Å². The molecule has 45 heavy (non-hydrogen) atoms. The number of benzene rings is 3. The van der Waals surface area contributed by atoms with Gasteiger partial charge in [-0.2, -0.15) is 9.97 Å². The van der Waals surface area contributed by atoms with Gasteiger partial charge in [-0.15, -0.1) is 6.42 Å². The summed E-state index contributed by atoms with van der Waals surface area (Å²) in [7, 11) is 0. The van der Waals surface area contributed by atoms with E-state index in [4.69, 9.17) is 30.6 Å². The van der Waals surface area contributed by atoms with Crippen molar-refractivity contribution in [2.45, 2.75) is 37.4 Å². The first kappa shape index (κ1) is 27.2. The van der Waals surface area contributed by atoms with Gasteiger partial charge in [0.15, 0.2) is 5.82 Å². The van der Waals surface area contributed by atoms with Crippen molar-refractivity contribution >= 4 is 27.5 Å². The predicted octanol–water partition coefficient (Wildman–Crippen LogP) is 4.08. The van der Waals surface area contributed by atoms with E-state index in [0.29, 0.717) is 46.7 Å². The van der Waals surface area contributed by atoms with Gasteiger partial charge in [-0.25, -0.2) is 4.39 Å². The first-order valence-electron chi connectivity index (χ1n) is 15.8. The number of phenols is 1. The lowest BCUT2D eigenvalue weighted by atomic mass is 9.93. The standard InChI is InChI=1S/C35H34FN5O4/c1-2-20-4-3-5-21-12-23(42)14-24(29(20)21)25-15-28-30-32(31(25)36)38-34(45-19-35(6-7-35)18-40-8-10-43-11-9-40)39-33(30)41-22-13-26(37-16-22)27(41)17-44-28/h1,3-5,12,14-15,22,26-27,37,42H,6-11,13,16-19H2/t22-,26-,27+/m1/s1. The molecule has 3 saturated heterocycles. The molecule has 9 nitrogen and oxygen atoms in total. The van der Waals surface area contributed by atoms with Crippen LogP contribution in [0, 0.1) is 23.6 Å². The van der Waals surface area contributed by atoms with Gasteiger partial charge in [-0.05, 0) is 54.5 Å². The van der Waals surface area contributed by atoms with Crippen molar-refractivity contribution in [1.29, 1.82) is 0 Å². The largest absolute Gasteiger partial charge is 0.508 e. The van der Waals surface area contributed by atoms with Crippen LogP contribution in [-0.2, 0) is 4.74 Å². The van der Waals surface area contributed by atoms with E-state index in [1.807, 2.05) is 18.2 Å². The molecule has 1 saturated carbocycles. The highest BCUT2D eigenvalue weighted by Crippen LogP contribution is 2.49. The number of aromatic nitrogens is 2. The molecule has 230 valence electrons. The van der Waals surface area contributed by atoms with Crippen LogP contribution in [0.4, 0.5) is 10.2 Å². The van der Waals surface area contributed by atoms with Crippen LogP contribution >= 0.6 is 0 Å². The maximum Gasteiger partial charge on any atom is 0.319 e. The highest BCUT2D eigenvalue weighted by Gasteiger charge is 2.49. The number of ether oxygens (including phenoxy) is 3. The fourth-order valence-electron chi connectivity index (χ4n) is 7.91. The lowest BCUT2D eigenvalue weighted by Gasteiger charge is -2.35. The molecule has 3 atom stereocenters. The van der Waals surface area contributed by atoms with Gasteiger partial charge in [-0.3, -0.25) is 4.90 Å². The molecule has 9 rings (SSSR count). The second-order valence-corrected chi connectivity index (χ2v) is 13.2. The van der Waals surface area contributed by atoms with E-state index in [-0.39, 0.29) is 46.4 Å². The summed E-state index contributed by atoms with van der Waals surface area (Å²) < 4.78 is 35.4. The van der Waals surface area contributed by atoms with E-state index < -0.39 is 5.82 Å². The quantitative estimate of drug-likeness (QED) is 0.315. The van der Waals surface area contributed by atoms with Crippen LogP contribution in [0.1, 0.15) is 24.8 Å². The zero-order chi connectivity index (χ0) is 30.3. The Labute approximate surface area is 260 Å². The summed E-state index contributed by atoms with van der Waals surface area (Å²) in [6, 6.07) is 11.1. The summed E-state index contributed by atoms with van der Waals surface area (Å²) in [4.78, 5) is 14.5. The summed E-state index contributed by atoms with van der Waals surface area (Å²) >= 11 is 0. The number of aromatic hydroxyl groups is 1. The Kier molecular flexibility index (Phi) is 6.14. The second kappa shape index (κ2) is 10.2. The zero-order valence-corrected chi connectivity index (χ0v) is 24.9. The summed E-state index contributed by atoms with van der Waals surface area (Å²) in [5.74, 6) is 3.39. The molecule has 2 N–H and O–H groups in total. The van der Waals surface area contributed by atoms with E-state index >= 15 is 4.39 Å². The molecule has 1 aliphatic carbocycles. The van der Waals surface area contributed by atoms with Crippen LogP contribution in [0.5, 0.6) is 17.5 Å². The van der Waals surface area contributed by atoms with Crippen LogP contribution in [0.25, 0.3) is 32.8 Å². The first-order valence-corrected chi connectivity index (χ1v) is 15.8. The van der Waals surface area contributed by atoms with Gasteiger partial charge in [0.1, 0.15) is 29.4 Å². The molecule has 4 aromatic rings. The monoisotopic (exact) mass is 607 g/mol. The minimum Gasteiger partial charge on any atom is -0.508 e. The molecule has 1 aromatic heterocycles. The number of halogens is 1. The first-order chi connectivity index (χ1) is 22.0. The molecule has 0 spiro atoms. The minimum atomic E-state index is -0.528. The Bertz CT molecular complexity index is 1900. The molecule has 2 bridgehead atoms. The third-order valence-electron chi connectivity index (χ3n) is 10.4. The van der Waals surface area contributed by atoms with E-state index in [1.54, 1.807) is 18.2 Å². The van der Waals surface area contributed by atoms with Crippen molar-refractivity contribution < 1.29 is 23.7 Å². The predicted molar refractivity (Wildman–Crippen MR) is 168 cm³/mol. The van der Waals surface area contributed by atoms with Crippen LogP contribution < -0.4 is 19.7 Å². The van der Waals surface area contributed by atoms with E-state index in [0.717, 1.165) is 64.0 Å². The minimum absolute atomic E-state index is 0.0173. The van der Waals surface area contributed by atoms with Gasteiger partial charge in [0.05, 0.1) is 31.2 Å². The molecule has 0 amide bonds. The average molecular weight is 608 g/mol. The lowest BCUT2D eigenvalue weighted by molar-refractivity contribution is 0.0231. The Morgan fingerprint density at radius 1 is 1.13 bits per heavy atom. The van der Waals surface area contributed by atoms with Crippen LogP contribution in [0.2, 0.25) is 0 Å². The van der Waals surface area contributed by atoms with Gasteiger partial charge in [-0.1, -0.05) is 18.1 Å². The molecular weight excluding hydrogens is 573 g/mol. The number of terminal acetylenes is 1. The van der Waals surface area contributed by atoms with E-state index in [9.17, 15) is 5.11 Å². The highest BCUT2D eigenvalue weighted by molar-refractivity contribution is 6.05. The molecule has 3 aromatic carbocycles. The number of phenolic OH excluding ortho intramolecular Hbond substituents is 1. The fraction of sp³-hybridized carbons (Fsp3) is 0.429. The van der Waals surface area contributed by atoms with Crippen molar-refractivity contribution in [3.05, 3.63) is 47.8 Å². The topological polar surface area (TPSA) is 92.2 Å². The van der Waals surface area contributed by atoms with Crippen molar-refractivity contribution in [2.24, 2.45) is 5.41 Å². The Morgan fingerprint density at radius 3 is 2.82 bits per heavy atom. The average Bonchev–Trinajstić information content (AvgIpc) is 3.57. The molecule has 4 aliphatic heterocycles. The van der Waals surface area contributed by atoms with Crippen molar-refractivity contribution in [3.63, 3.8) is 0 Å². The number of piperazine rings is 1. The molecule has 5 aliphatic rings. The second-order valence-electron chi connectivity index (χ2n) is 13.2. The Morgan fingerprint density at radius 2 is 2.00 bits per heavy atom. The zero-order valence-electron chi connectivity index (χ0n) is 24.9. The molecule has 4 fully saturated rings. The van der Waals surface area contributed by atoms with Crippen LogP contribution in [0.15, 0.2) is 36.4 Å². The maximum atomic E-state index is 17.0. The molecule has 0 radical (unpaired) electrons. The Balaban J connectivity index is 1.19. The van der Waals surface area contributed by atoms with Crippen molar-refractivity contribution in [2.75, 3.05) is 57.5 Å². The van der Waals surface area contributed by atoms with Gasteiger partial charge in [0.25, 0.3) is 0 Å². The lowest BCUT2D eigenvalue weighted by Crippen LogP contribution is -2.53. The SMILES string of the molecule is C#Cc1cccc2cc(O)cc(-c3cc4c5c(nc(OCC6(CN7CCOCC7)CC6)nc5c3F)N3[C@H]5CN[C@H](C5)[C@@H]3CO4)c12.